The number of rotatable bonds is 7. The Morgan fingerprint density at radius 2 is 0.789 bits per heavy atom. The van der Waals surface area contributed by atoms with E-state index in [-0.39, 0.29) is 13.2 Å². The standard InChI is InChI=1S/C30H20N2O6/c33-27-19-9-1-3-11-21(19)31(29(27)35)23-13-5-7-15-25(23)37-17-18-38-26-16-8-6-14-24(26)32-22-12-4-2-10-20(22)28(34)30(32)36/h1-16H,17-18H2. The number of hydrogen-bond acceptors (Lipinski definition) is 6. The molecule has 0 fully saturated rings. The van der Waals surface area contributed by atoms with Crippen LogP contribution in [-0.2, 0) is 9.59 Å². The summed E-state index contributed by atoms with van der Waals surface area (Å²) in [6.07, 6.45) is 0. The molecule has 0 aliphatic carbocycles. The molecule has 2 heterocycles. The number of carbonyl (C=O) groups is 4. The predicted molar refractivity (Wildman–Crippen MR) is 140 cm³/mol. The molecule has 0 N–H and O–H groups in total. The second kappa shape index (κ2) is 9.33. The van der Waals surface area contributed by atoms with E-state index in [9.17, 15) is 19.2 Å². The van der Waals surface area contributed by atoms with Gasteiger partial charge in [-0.1, -0.05) is 48.5 Å². The summed E-state index contributed by atoms with van der Waals surface area (Å²) in [5.41, 5.74) is 2.62. The summed E-state index contributed by atoms with van der Waals surface area (Å²) < 4.78 is 11.9. The maximum atomic E-state index is 12.8. The lowest BCUT2D eigenvalue weighted by atomic mass is 10.1. The molecule has 6 rings (SSSR count). The molecule has 2 amide bonds. The Hall–Kier alpha value is -5.24. The van der Waals surface area contributed by atoms with E-state index in [1.807, 2.05) is 0 Å². The highest BCUT2D eigenvalue weighted by Crippen LogP contribution is 2.41. The highest BCUT2D eigenvalue weighted by Gasteiger charge is 2.39. The third kappa shape index (κ3) is 3.70. The van der Waals surface area contributed by atoms with Gasteiger partial charge in [0.1, 0.15) is 24.7 Å². The Morgan fingerprint density at radius 1 is 0.447 bits per heavy atom. The topological polar surface area (TPSA) is 93.2 Å². The molecule has 0 aromatic heterocycles. The number of nitrogens with zero attached hydrogens (tertiary/aromatic N) is 2. The fourth-order valence-corrected chi connectivity index (χ4v) is 4.68. The van der Waals surface area contributed by atoms with E-state index in [4.69, 9.17) is 9.47 Å². The fourth-order valence-electron chi connectivity index (χ4n) is 4.68. The molecule has 0 unspecified atom stereocenters. The molecular weight excluding hydrogens is 484 g/mol. The van der Waals surface area contributed by atoms with E-state index in [2.05, 4.69) is 0 Å². The molecule has 8 nitrogen and oxygen atoms in total. The summed E-state index contributed by atoms with van der Waals surface area (Å²) in [6, 6.07) is 27.6. The molecule has 8 heteroatoms. The largest absolute Gasteiger partial charge is 0.488 e. The monoisotopic (exact) mass is 504 g/mol. The third-order valence-electron chi connectivity index (χ3n) is 6.38. The van der Waals surface area contributed by atoms with Gasteiger partial charge in [0, 0.05) is 0 Å². The van der Waals surface area contributed by atoms with Crippen molar-refractivity contribution in [1.29, 1.82) is 0 Å². The number of carbonyl (C=O) groups excluding carboxylic acids is 4. The third-order valence-corrected chi connectivity index (χ3v) is 6.38. The molecule has 0 bridgehead atoms. The van der Waals surface area contributed by atoms with Gasteiger partial charge in [-0.3, -0.25) is 29.0 Å². The average Bonchev–Trinajstić information content (AvgIpc) is 3.36. The van der Waals surface area contributed by atoms with Crippen molar-refractivity contribution in [2.75, 3.05) is 23.0 Å². The molecule has 0 radical (unpaired) electrons. The Balaban J connectivity index is 1.19. The zero-order chi connectivity index (χ0) is 26.2. The number of benzene rings is 4. The summed E-state index contributed by atoms with van der Waals surface area (Å²) in [5, 5.41) is 0. The van der Waals surface area contributed by atoms with Gasteiger partial charge in [-0.05, 0) is 48.5 Å². The first-order valence-corrected chi connectivity index (χ1v) is 12.0. The summed E-state index contributed by atoms with van der Waals surface area (Å²) in [6.45, 7) is 0.235. The lowest BCUT2D eigenvalue weighted by Crippen LogP contribution is -2.26. The summed E-state index contributed by atoms with van der Waals surface area (Å²) in [4.78, 5) is 53.2. The molecule has 4 aromatic rings. The number of fused-ring (bicyclic) bond motifs is 2. The van der Waals surface area contributed by atoms with Crippen LogP contribution in [0.2, 0.25) is 0 Å². The van der Waals surface area contributed by atoms with Gasteiger partial charge >= 0.3 is 11.8 Å². The first-order valence-electron chi connectivity index (χ1n) is 12.0. The van der Waals surface area contributed by atoms with Crippen LogP contribution < -0.4 is 19.3 Å². The molecule has 2 aliphatic heterocycles. The smallest absolute Gasteiger partial charge is 0.304 e. The van der Waals surface area contributed by atoms with Crippen molar-refractivity contribution in [3.63, 3.8) is 0 Å². The summed E-state index contributed by atoms with van der Waals surface area (Å²) in [5.74, 6) is -1.58. The van der Waals surface area contributed by atoms with Crippen LogP contribution in [0.3, 0.4) is 0 Å². The van der Waals surface area contributed by atoms with Crippen molar-refractivity contribution in [1.82, 2.24) is 0 Å². The number of hydrogen-bond donors (Lipinski definition) is 0. The minimum Gasteiger partial charge on any atom is -0.488 e. The quantitative estimate of drug-likeness (QED) is 0.263. The van der Waals surface area contributed by atoms with E-state index in [0.29, 0.717) is 45.4 Å². The van der Waals surface area contributed by atoms with E-state index in [1.165, 1.54) is 9.80 Å². The lowest BCUT2D eigenvalue weighted by molar-refractivity contribution is -0.114. The minimum absolute atomic E-state index is 0.117. The van der Waals surface area contributed by atoms with Crippen LogP contribution in [0.1, 0.15) is 20.7 Å². The van der Waals surface area contributed by atoms with Crippen LogP contribution >= 0.6 is 0 Å². The summed E-state index contributed by atoms with van der Waals surface area (Å²) in [7, 11) is 0. The van der Waals surface area contributed by atoms with E-state index >= 15 is 0 Å². The number of Topliss-reactive ketones (excluding diaryl/α,β-unsaturated/α-hetero) is 2. The Labute approximate surface area is 217 Å². The molecule has 0 saturated carbocycles. The van der Waals surface area contributed by atoms with Gasteiger partial charge in [0.05, 0.1) is 33.9 Å². The molecule has 186 valence electrons. The van der Waals surface area contributed by atoms with Crippen molar-refractivity contribution in [3.05, 3.63) is 108 Å². The molecule has 0 saturated heterocycles. The molecule has 38 heavy (non-hydrogen) atoms. The Morgan fingerprint density at radius 3 is 1.21 bits per heavy atom. The molecule has 4 aromatic carbocycles. The fraction of sp³-hybridized carbons (Fsp3) is 0.0667. The predicted octanol–water partition coefficient (Wildman–Crippen LogP) is 4.87. The second-order valence-electron chi connectivity index (χ2n) is 8.61. The van der Waals surface area contributed by atoms with Crippen LogP contribution in [-0.4, -0.2) is 36.6 Å². The first-order chi connectivity index (χ1) is 18.6. The van der Waals surface area contributed by atoms with Crippen LogP contribution in [0.4, 0.5) is 22.7 Å². The van der Waals surface area contributed by atoms with Gasteiger partial charge in [-0.2, -0.15) is 0 Å². The van der Waals surface area contributed by atoms with Crippen LogP contribution in [0.15, 0.2) is 97.1 Å². The highest BCUT2D eigenvalue weighted by molar-refractivity contribution is 6.54. The normalized spacial score (nSPS) is 14.1. The van der Waals surface area contributed by atoms with Gasteiger partial charge in [-0.25, -0.2) is 0 Å². The number of para-hydroxylation sites is 6. The van der Waals surface area contributed by atoms with Gasteiger partial charge in [-0.15, -0.1) is 0 Å². The Kier molecular flexibility index (Phi) is 5.69. The number of anilines is 4. The van der Waals surface area contributed by atoms with E-state index < -0.39 is 23.4 Å². The van der Waals surface area contributed by atoms with Crippen LogP contribution in [0.25, 0.3) is 0 Å². The van der Waals surface area contributed by atoms with Gasteiger partial charge in [0.15, 0.2) is 0 Å². The van der Waals surface area contributed by atoms with Gasteiger partial charge in [0.25, 0.3) is 11.6 Å². The molecule has 2 aliphatic rings. The average molecular weight is 504 g/mol. The van der Waals surface area contributed by atoms with Gasteiger partial charge in [0.2, 0.25) is 0 Å². The number of ether oxygens (including phenoxy) is 2. The molecule has 0 spiro atoms. The maximum Gasteiger partial charge on any atom is 0.304 e. The van der Waals surface area contributed by atoms with Gasteiger partial charge < -0.3 is 9.47 Å². The van der Waals surface area contributed by atoms with Crippen molar-refractivity contribution >= 4 is 46.1 Å². The number of amides is 2. The second-order valence-corrected chi connectivity index (χ2v) is 8.61. The molecular formula is C30H20N2O6. The Bertz CT molecular complexity index is 1510. The van der Waals surface area contributed by atoms with Crippen LogP contribution in [0, 0.1) is 0 Å². The summed E-state index contributed by atoms with van der Waals surface area (Å²) >= 11 is 0. The van der Waals surface area contributed by atoms with E-state index in [1.54, 1.807) is 97.1 Å². The van der Waals surface area contributed by atoms with Crippen molar-refractivity contribution in [3.8, 4) is 11.5 Å². The maximum absolute atomic E-state index is 12.8. The zero-order valence-corrected chi connectivity index (χ0v) is 20.0. The molecule has 0 atom stereocenters. The SMILES string of the molecule is O=C1C(=O)N(c2ccccc2OCCOc2ccccc2N2C(=O)C(=O)c3ccccc32)c2ccccc21. The van der Waals surface area contributed by atoms with Crippen LogP contribution in [0.5, 0.6) is 11.5 Å². The van der Waals surface area contributed by atoms with Crippen molar-refractivity contribution < 1.29 is 28.7 Å². The van der Waals surface area contributed by atoms with Crippen molar-refractivity contribution in [2.24, 2.45) is 0 Å². The number of ketones is 2. The first kappa shape index (κ1) is 23.2. The zero-order valence-electron chi connectivity index (χ0n) is 20.0. The van der Waals surface area contributed by atoms with E-state index in [0.717, 1.165) is 0 Å². The highest BCUT2D eigenvalue weighted by atomic mass is 16.5. The minimum atomic E-state index is -0.641. The van der Waals surface area contributed by atoms with Crippen molar-refractivity contribution in [2.45, 2.75) is 0 Å². The lowest BCUT2D eigenvalue weighted by Gasteiger charge is -2.21.